The summed E-state index contributed by atoms with van der Waals surface area (Å²) in [4.78, 5) is 6.44. The highest BCUT2D eigenvalue weighted by atomic mass is 19.1. The molecule has 1 aliphatic rings. The van der Waals surface area contributed by atoms with Crippen molar-refractivity contribution < 1.29 is 4.39 Å². The lowest BCUT2D eigenvalue weighted by Crippen LogP contribution is -2.56. The molecule has 4 heteroatoms. The second kappa shape index (κ2) is 7.14. The van der Waals surface area contributed by atoms with E-state index >= 15 is 0 Å². The molecular weight excluding hydrogens is 253 g/mol. The van der Waals surface area contributed by atoms with Gasteiger partial charge in [0.25, 0.3) is 0 Å². The van der Waals surface area contributed by atoms with Gasteiger partial charge in [-0.15, -0.1) is 0 Å². The number of nitrogens with one attached hydrogen (secondary N) is 1. The standard InChI is InChI=1S/C16H26FN3/c1-4-15-11-20(16(9-19-15)5-12(2)3)10-13-6-14(17)8-18-7-13/h6-8,12,15-16,19H,4-5,9-11H2,1-3H3. The molecule has 112 valence electrons. The molecule has 20 heavy (non-hydrogen) atoms. The maximum absolute atomic E-state index is 13.3. The summed E-state index contributed by atoms with van der Waals surface area (Å²) < 4.78 is 13.3. The number of piperazine rings is 1. The first-order valence-electron chi connectivity index (χ1n) is 7.65. The van der Waals surface area contributed by atoms with Crippen molar-refractivity contribution in [2.24, 2.45) is 5.92 Å². The molecule has 0 saturated carbocycles. The van der Waals surface area contributed by atoms with E-state index in [1.807, 2.05) is 0 Å². The Morgan fingerprint density at radius 2 is 2.25 bits per heavy atom. The Bertz CT molecular complexity index is 422. The van der Waals surface area contributed by atoms with Gasteiger partial charge in [0.05, 0.1) is 6.20 Å². The van der Waals surface area contributed by atoms with Crippen LogP contribution >= 0.6 is 0 Å². The molecule has 1 aromatic heterocycles. The van der Waals surface area contributed by atoms with Crippen molar-refractivity contribution in [1.29, 1.82) is 0 Å². The van der Waals surface area contributed by atoms with Crippen molar-refractivity contribution in [2.75, 3.05) is 13.1 Å². The van der Waals surface area contributed by atoms with Crippen LogP contribution in [0.2, 0.25) is 0 Å². The molecule has 0 aliphatic carbocycles. The number of aromatic nitrogens is 1. The Labute approximate surface area is 121 Å². The van der Waals surface area contributed by atoms with E-state index in [2.05, 4.69) is 36.0 Å². The topological polar surface area (TPSA) is 28.2 Å². The SMILES string of the molecule is CCC1CN(Cc2cncc(F)c2)C(CC(C)C)CN1. The van der Waals surface area contributed by atoms with Crippen molar-refractivity contribution in [1.82, 2.24) is 15.2 Å². The normalized spacial score (nSPS) is 24.2. The summed E-state index contributed by atoms with van der Waals surface area (Å²) in [7, 11) is 0. The van der Waals surface area contributed by atoms with Crippen molar-refractivity contribution in [3.8, 4) is 0 Å². The minimum atomic E-state index is -0.245. The molecule has 0 radical (unpaired) electrons. The molecule has 1 saturated heterocycles. The molecular formula is C16H26FN3. The van der Waals surface area contributed by atoms with Crippen molar-refractivity contribution >= 4 is 0 Å². The van der Waals surface area contributed by atoms with Gasteiger partial charge in [-0.3, -0.25) is 9.88 Å². The largest absolute Gasteiger partial charge is 0.311 e. The van der Waals surface area contributed by atoms with Crippen LogP contribution in [0.4, 0.5) is 4.39 Å². The molecule has 3 nitrogen and oxygen atoms in total. The van der Waals surface area contributed by atoms with Crippen molar-refractivity contribution in [3.63, 3.8) is 0 Å². The van der Waals surface area contributed by atoms with E-state index in [0.717, 1.165) is 31.6 Å². The lowest BCUT2D eigenvalue weighted by atomic mass is 9.98. The minimum Gasteiger partial charge on any atom is -0.311 e. The van der Waals surface area contributed by atoms with Crippen LogP contribution in [0.3, 0.4) is 0 Å². The molecule has 2 unspecified atom stereocenters. The number of hydrogen-bond acceptors (Lipinski definition) is 3. The summed E-state index contributed by atoms with van der Waals surface area (Å²) in [5, 5.41) is 3.62. The predicted octanol–water partition coefficient (Wildman–Crippen LogP) is 2.82. The van der Waals surface area contributed by atoms with Crippen LogP contribution in [0.5, 0.6) is 0 Å². The van der Waals surface area contributed by atoms with Crippen LogP contribution in [0.1, 0.15) is 39.2 Å². The second-order valence-electron chi connectivity index (χ2n) is 6.24. The van der Waals surface area contributed by atoms with Gasteiger partial charge in [0.2, 0.25) is 0 Å². The van der Waals surface area contributed by atoms with Crippen LogP contribution in [0.15, 0.2) is 18.5 Å². The van der Waals surface area contributed by atoms with Crippen LogP contribution in [-0.4, -0.2) is 35.1 Å². The van der Waals surface area contributed by atoms with E-state index in [-0.39, 0.29) is 5.82 Å². The zero-order valence-electron chi connectivity index (χ0n) is 12.8. The molecule has 2 rings (SSSR count). The molecule has 0 aromatic carbocycles. The third-order valence-corrected chi connectivity index (χ3v) is 4.00. The van der Waals surface area contributed by atoms with Gasteiger partial charge in [0.1, 0.15) is 5.82 Å². The lowest BCUT2D eigenvalue weighted by molar-refractivity contribution is 0.105. The van der Waals surface area contributed by atoms with Crippen LogP contribution < -0.4 is 5.32 Å². The zero-order chi connectivity index (χ0) is 14.5. The van der Waals surface area contributed by atoms with Gasteiger partial charge in [-0.05, 0) is 30.4 Å². The van der Waals surface area contributed by atoms with Crippen LogP contribution in [0, 0.1) is 11.7 Å². The highest BCUT2D eigenvalue weighted by Crippen LogP contribution is 2.19. The number of hydrogen-bond donors (Lipinski definition) is 1. The van der Waals surface area contributed by atoms with Crippen LogP contribution in [0.25, 0.3) is 0 Å². The maximum Gasteiger partial charge on any atom is 0.141 e. The summed E-state index contributed by atoms with van der Waals surface area (Å²) >= 11 is 0. The van der Waals surface area contributed by atoms with Crippen molar-refractivity contribution in [2.45, 2.75) is 52.2 Å². The minimum absolute atomic E-state index is 0.245. The maximum atomic E-state index is 13.3. The number of rotatable bonds is 5. The highest BCUT2D eigenvalue weighted by Gasteiger charge is 2.27. The molecule has 0 spiro atoms. The summed E-state index contributed by atoms with van der Waals surface area (Å²) in [5.74, 6) is 0.429. The quantitative estimate of drug-likeness (QED) is 0.898. The monoisotopic (exact) mass is 279 g/mol. The van der Waals surface area contributed by atoms with Gasteiger partial charge in [-0.1, -0.05) is 20.8 Å². The number of halogens is 1. The first-order chi connectivity index (χ1) is 9.58. The molecule has 1 fully saturated rings. The Kier molecular flexibility index (Phi) is 5.49. The third-order valence-electron chi connectivity index (χ3n) is 4.00. The van der Waals surface area contributed by atoms with Gasteiger partial charge in [0, 0.05) is 37.9 Å². The van der Waals surface area contributed by atoms with E-state index in [1.165, 1.54) is 12.6 Å². The molecule has 2 atom stereocenters. The molecule has 2 heterocycles. The summed E-state index contributed by atoms with van der Waals surface area (Å²) in [5.41, 5.74) is 0.968. The fraction of sp³-hybridized carbons (Fsp3) is 0.688. The smallest absolute Gasteiger partial charge is 0.141 e. The van der Waals surface area contributed by atoms with E-state index in [1.54, 1.807) is 12.3 Å². The molecule has 1 aromatic rings. The average Bonchev–Trinajstić information content (AvgIpc) is 2.40. The third kappa shape index (κ3) is 4.25. The molecule has 1 aliphatic heterocycles. The predicted molar refractivity (Wildman–Crippen MR) is 79.9 cm³/mol. The van der Waals surface area contributed by atoms with E-state index in [9.17, 15) is 4.39 Å². The Morgan fingerprint density at radius 3 is 2.90 bits per heavy atom. The molecule has 1 N–H and O–H groups in total. The zero-order valence-corrected chi connectivity index (χ0v) is 12.8. The number of nitrogens with zero attached hydrogens (tertiary/aromatic N) is 2. The van der Waals surface area contributed by atoms with Gasteiger partial charge in [-0.2, -0.15) is 0 Å². The van der Waals surface area contributed by atoms with Crippen LogP contribution in [-0.2, 0) is 6.54 Å². The Morgan fingerprint density at radius 1 is 1.45 bits per heavy atom. The van der Waals surface area contributed by atoms with E-state index < -0.39 is 0 Å². The number of pyridine rings is 1. The van der Waals surface area contributed by atoms with Gasteiger partial charge in [-0.25, -0.2) is 4.39 Å². The van der Waals surface area contributed by atoms with Gasteiger partial charge < -0.3 is 5.32 Å². The Balaban J connectivity index is 2.06. The Hall–Kier alpha value is -1.00. The van der Waals surface area contributed by atoms with E-state index in [4.69, 9.17) is 0 Å². The van der Waals surface area contributed by atoms with E-state index in [0.29, 0.717) is 18.0 Å². The van der Waals surface area contributed by atoms with Gasteiger partial charge in [0.15, 0.2) is 0 Å². The average molecular weight is 279 g/mol. The highest BCUT2D eigenvalue weighted by molar-refractivity contribution is 5.10. The lowest BCUT2D eigenvalue weighted by Gasteiger charge is -2.41. The fourth-order valence-electron chi connectivity index (χ4n) is 2.95. The fourth-order valence-corrected chi connectivity index (χ4v) is 2.95. The van der Waals surface area contributed by atoms with Crippen molar-refractivity contribution in [3.05, 3.63) is 29.8 Å². The summed E-state index contributed by atoms with van der Waals surface area (Å²) in [6.45, 7) is 9.58. The van der Waals surface area contributed by atoms with Gasteiger partial charge >= 0.3 is 0 Å². The molecule has 0 amide bonds. The molecule has 0 bridgehead atoms. The first kappa shape index (κ1) is 15.4. The summed E-state index contributed by atoms with van der Waals surface area (Å²) in [6, 6.07) is 2.67. The second-order valence-corrected chi connectivity index (χ2v) is 6.24. The first-order valence-corrected chi connectivity index (χ1v) is 7.65. The summed E-state index contributed by atoms with van der Waals surface area (Å²) in [6.07, 6.45) is 5.35.